The molecule has 0 bridgehead atoms. The zero-order chi connectivity index (χ0) is 16.1. The number of carbonyl (C=O) groups is 1. The predicted molar refractivity (Wildman–Crippen MR) is 97.9 cm³/mol. The van der Waals surface area contributed by atoms with Crippen molar-refractivity contribution >= 4 is 44.6 Å². The molecule has 0 unspecified atom stereocenters. The zero-order valence-electron chi connectivity index (χ0n) is 12.2. The average Bonchev–Trinajstić information content (AvgIpc) is 2.54. The van der Waals surface area contributed by atoms with Gasteiger partial charge in [0, 0.05) is 21.7 Å². The minimum Gasteiger partial charge on any atom is -0.493 e. The van der Waals surface area contributed by atoms with E-state index >= 15 is 0 Å². The van der Waals surface area contributed by atoms with E-state index in [0.717, 1.165) is 32.6 Å². The van der Waals surface area contributed by atoms with Gasteiger partial charge in [-0.1, -0.05) is 12.1 Å². The van der Waals surface area contributed by atoms with Crippen LogP contribution in [-0.4, -0.2) is 20.1 Å². The van der Waals surface area contributed by atoms with Crippen LogP contribution in [0.2, 0.25) is 0 Å². The first kappa shape index (κ1) is 17.1. The van der Waals surface area contributed by atoms with Crippen LogP contribution in [0.25, 0.3) is 0 Å². The summed E-state index contributed by atoms with van der Waals surface area (Å²) in [5.74, 6) is 1.31. The SMILES string of the molecule is COc1cc(Cc2ccc(C(=O)NBr)cc2)cc(I)c1OC. The molecule has 2 rings (SSSR count). The first-order chi connectivity index (χ1) is 10.6. The van der Waals surface area contributed by atoms with Gasteiger partial charge in [-0.15, -0.1) is 0 Å². The van der Waals surface area contributed by atoms with Gasteiger partial charge in [-0.2, -0.15) is 0 Å². The van der Waals surface area contributed by atoms with Gasteiger partial charge in [0.2, 0.25) is 0 Å². The predicted octanol–water partition coefficient (Wildman–Crippen LogP) is 3.94. The van der Waals surface area contributed by atoms with Crippen molar-refractivity contribution in [1.29, 1.82) is 0 Å². The fourth-order valence-corrected chi connectivity index (χ4v) is 3.25. The number of halogens is 2. The summed E-state index contributed by atoms with van der Waals surface area (Å²) in [6.07, 6.45) is 0.757. The maximum absolute atomic E-state index is 11.5. The highest BCUT2D eigenvalue weighted by molar-refractivity contribution is 14.1. The Hall–Kier alpha value is -1.28. The molecule has 2 aromatic rings. The van der Waals surface area contributed by atoms with Gasteiger partial charge in [0.05, 0.1) is 17.8 Å². The second-order valence-electron chi connectivity index (χ2n) is 4.61. The Bertz CT molecular complexity index is 674. The number of hydrogen-bond donors (Lipinski definition) is 1. The third-order valence-corrected chi connectivity index (χ3v) is 4.36. The number of amides is 1. The molecule has 0 aromatic heterocycles. The maximum atomic E-state index is 11.5. The van der Waals surface area contributed by atoms with Gasteiger partial charge in [0.25, 0.3) is 5.91 Å². The first-order valence-corrected chi connectivity index (χ1v) is 8.36. The van der Waals surface area contributed by atoms with Gasteiger partial charge >= 0.3 is 0 Å². The van der Waals surface area contributed by atoms with Gasteiger partial charge in [-0.05, 0) is 64.4 Å². The van der Waals surface area contributed by atoms with Crippen LogP contribution >= 0.6 is 38.7 Å². The molecule has 0 aliphatic carbocycles. The van der Waals surface area contributed by atoms with Crippen LogP contribution in [0.5, 0.6) is 11.5 Å². The average molecular weight is 476 g/mol. The Morgan fingerprint density at radius 1 is 1.14 bits per heavy atom. The van der Waals surface area contributed by atoms with Crippen molar-refractivity contribution < 1.29 is 14.3 Å². The number of benzene rings is 2. The van der Waals surface area contributed by atoms with Crippen molar-refractivity contribution in [3.8, 4) is 11.5 Å². The second-order valence-corrected chi connectivity index (χ2v) is 6.17. The summed E-state index contributed by atoms with van der Waals surface area (Å²) >= 11 is 5.17. The number of ether oxygens (including phenoxy) is 2. The van der Waals surface area contributed by atoms with Crippen LogP contribution in [-0.2, 0) is 6.42 Å². The first-order valence-electron chi connectivity index (χ1n) is 6.49. The third-order valence-electron chi connectivity index (χ3n) is 3.20. The van der Waals surface area contributed by atoms with Gasteiger partial charge in [-0.25, -0.2) is 0 Å². The fraction of sp³-hybridized carbons (Fsp3) is 0.188. The van der Waals surface area contributed by atoms with E-state index in [4.69, 9.17) is 9.47 Å². The minimum absolute atomic E-state index is 0.160. The molecule has 2 aromatic carbocycles. The molecule has 1 amide bonds. The lowest BCUT2D eigenvalue weighted by Gasteiger charge is -2.12. The second kappa shape index (κ2) is 7.82. The van der Waals surface area contributed by atoms with Gasteiger partial charge in [0.15, 0.2) is 11.5 Å². The molecular weight excluding hydrogens is 461 g/mol. The molecule has 0 spiro atoms. The number of carbonyl (C=O) groups excluding carboxylic acids is 1. The van der Waals surface area contributed by atoms with E-state index in [-0.39, 0.29) is 5.91 Å². The quantitative estimate of drug-likeness (QED) is 0.526. The number of rotatable bonds is 5. The molecule has 22 heavy (non-hydrogen) atoms. The van der Waals surface area contributed by atoms with E-state index in [9.17, 15) is 4.79 Å². The van der Waals surface area contributed by atoms with E-state index in [1.165, 1.54) is 0 Å². The minimum atomic E-state index is -0.160. The van der Waals surface area contributed by atoms with E-state index in [0.29, 0.717) is 5.56 Å². The van der Waals surface area contributed by atoms with Gasteiger partial charge < -0.3 is 9.47 Å². The molecule has 0 saturated heterocycles. The largest absolute Gasteiger partial charge is 0.493 e. The van der Waals surface area contributed by atoms with E-state index in [1.54, 1.807) is 26.4 Å². The molecule has 0 saturated carbocycles. The normalized spacial score (nSPS) is 10.2. The maximum Gasteiger partial charge on any atom is 0.261 e. The lowest BCUT2D eigenvalue weighted by atomic mass is 10.0. The molecular formula is C16H15BrINO3. The molecule has 0 heterocycles. The van der Waals surface area contributed by atoms with Crippen LogP contribution in [0, 0.1) is 3.57 Å². The lowest BCUT2D eigenvalue weighted by Crippen LogP contribution is -2.11. The highest BCUT2D eigenvalue weighted by Crippen LogP contribution is 2.34. The summed E-state index contributed by atoms with van der Waals surface area (Å²) in [5, 5.41) is 0. The van der Waals surface area contributed by atoms with Gasteiger partial charge in [0.1, 0.15) is 0 Å². The summed E-state index contributed by atoms with van der Waals surface area (Å²) in [4.78, 5) is 11.5. The molecule has 4 nitrogen and oxygen atoms in total. The van der Waals surface area contributed by atoms with E-state index < -0.39 is 0 Å². The molecule has 116 valence electrons. The summed E-state index contributed by atoms with van der Waals surface area (Å²) in [7, 11) is 3.26. The lowest BCUT2D eigenvalue weighted by molar-refractivity contribution is 0.0986. The summed E-state index contributed by atoms with van der Waals surface area (Å²) in [6.45, 7) is 0. The van der Waals surface area contributed by atoms with Crippen LogP contribution in [0.1, 0.15) is 21.5 Å². The Kier molecular flexibility index (Phi) is 6.07. The van der Waals surface area contributed by atoms with Crippen LogP contribution in [0.4, 0.5) is 0 Å². The fourth-order valence-electron chi connectivity index (χ4n) is 2.14. The molecule has 0 aliphatic heterocycles. The Morgan fingerprint density at radius 3 is 2.36 bits per heavy atom. The van der Waals surface area contributed by atoms with Crippen LogP contribution in [0.3, 0.4) is 0 Å². The Morgan fingerprint density at radius 2 is 1.82 bits per heavy atom. The molecule has 0 atom stereocenters. The summed E-state index contributed by atoms with van der Waals surface area (Å²) < 4.78 is 14.2. The van der Waals surface area contributed by atoms with E-state index in [2.05, 4.69) is 49.1 Å². The summed E-state index contributed by atoms with van der Waals surface area (Å²) in [6, 6.07) is 11.5. The van der Waals surface area contributed by atoms with Crippen molar-refractivity contribution in [1.82, 2.24) is 4.34 Å². The Balaban J connectivity index is 2.23. The molecule has 0 aliphatic rings. The number of nitrogens with one attached hydrogen (secondary N) is 1. The van der Waals surface area contributed by atoms with Crippen molar-refractivity contribution in [3.63, 3.8) is 0 Å². The third kappa shape index (κ3) is 3.92. The van der Waals surface area contributed by atoms with Crippen molar-refractivity contribution in [2.45, 2.75) is 6.42 Å². The highest BCUT2D eigenvalue weighted by atomic mass is 127. The molecule has 0 radical (unpaired) electrons. The van der Waals surface area contributed by atoms with Crippen molar-refractivity contribution in [2.24, 2.45) is 0 Å². The van der Waals surface area contributed by atoms with Crippen molar-refractivity contribution in [3.05, 3.63) is 56.7 Å². The monoisotopic (exact) mass is 475 g/mol. The summed E-state index contributed by atoms with van der Waals surface area (Å²) in [5.41, 5.74) is 2.86. The number of methoxy groups -OCH3 is 2. The zero-order valence-corrected chi connectivity index (χ0v) is 15.9. The van der Waals surface area contributed by atoms with E-state index in [1.807, 2.05) is 18.2 Å². The topological polar surface area (TPSA) is 47.6 Å². The van der Waals surface area contributed by atoms with Crippen LogP contribution in [0.15, 0.2) is 36.4 Å². The molecule has 0 fully saturated rings. The Labute approximate surface area is 151 Å². The van der Waals surface area contributed by atoms with Crippen molar-refractivity contribution in [2.75, 3.05) is 14.2 Å². The highest BCUT2D eigenvalue weighted by Gasteiger charge is 2.11. The smallest absolute Gasteiger partial charge is 0.261 e. The molecule has 6 heteroatoms. The number of hydrogen-bond acceptors (Lipinski definition) is 3. The standard InChI is InChI=1S/C16H15BrINO3/c1-21-14-9-11(8-13(18)15(14)22-2)7-10-3-5-12(6-4-10)16(20)19-17/h3-6,8-9H,7H2,1-2H3,(H,19,20). The molecule has 1 N–H and O–H groups in total. The van der Waals surface area contributed by atoms with Gasteiger partial charge in [-0.3, -0.25) is 9.14 Å². The van der Waals surface area contributed by atoms with Crippen LogP contribution < -0.4 is 13.8 Å².